The van der Waals surface area contributed by atoms with Gasteiger partial charge >= 0.3 is 5.97 Å². The summed E-state index contributed by atoms with van der Waals surface area (Å²) in [5.74, 6) is 0.694. The molecule has 2 saturated carbocycles. The van der Waals surface area contributed by atoms with Gasteiger partial charge < -0.3 is 19.5 Å². The van der Waals surface area contributed by atoms with Crippen molar-refractivity contribution in [1.82, 2.24) is 5.16 Å². The highest BCUT2D eigenvalue weighted by Crippen LogP contribution is 2.57. The third-order valence-electron chi connectivity index (χ3n) is 7.76. The van der Waals surface area contributed by atoms with Crippen LogP contribution in [0.2, 0.25) is 15.1 Å². The monoisotopic (exact) mass is 597 g/mol. The number of ether oxygens (including phenoxy) is 1. The van der Waals surface area contributed by atoms with Crippen molar-refractivity contribution in [1.29, 1.82) is 0 Å². The van der Waals surface area contributed by atoms with Crippen LogP contribution >= 0.6 is 34.8 Å². The second kappa shape index (κ2) is 10.4. The summed E-state index contributed by atoms with van der Waals surface area (Å²) in [4.78, 5) is 11.6. The number of rotatable bonds is 8. The van der Waals surface area contributed by atoms with E-state index in [1.807, 2.05) is 32.0 Å². The van der Waals surface area contributed by atoms with Crippen LogP contribution in [-0.4, -0.2) is 21.3 Å². The van der Waals surface area contributed by atoms with E-state index in [1.165, 1.54) is 0 Å². The predicted octanol–water partition coefficient (Wildman–Crippen LogP) is 8.84. The minimum Gasteiger partial charge on any atom is -0.478 e. The average Bonchev–Trinajstić information content (AvgIpc) is 3.81. The van der Waals surface area contributed by atoms with Gasteiger partial charge in [0.2, 0.25) is 6.29 Å². The van der Waals surface area contributed by atoms with Crippen molar-refractivity contribution in [3.8, 4) is 17.0 Å². The Hall–Kier alpha value is -3.03. The van der Waals surface area contributed by atoms with Gasteiger partial charge in [-0.1, -0.05) is 64.2 Å². The largest absolute Gasteiger partial charge is 0.478 e. The Morgan fingerprint density at radius 3 is 2.27 bits per heavy atom. The maximum atomic E-state index is 11.6. The van der Waals surface area contributed by atoms with E-state index in [2.05, 4.69) is 5.16 Å². The molecule has 206 valence electrons. The van der Waals surface area contributed by atoms with Gasteiger partial charge in [0, 0.05) is 16.5 Å². The van der Waals surface area contributed by atoms with Crippen LogP contribution in [0.15, 0.2) is 53.1 Å². The molecule has 6 rings (SSSR count). The van der Waals surface area contributed by atoms with Gasteiger partial charge in [0.1, 0.15) is 17.2 Å². The Bertz CT molecular complexity index is 1600. The molecule has 0 saturated heterocycles. The van der Waals surface area contributed by atoms with Gasteiger partial charge in [0.05, 0.1) is 21.2 Å². The van der Waals surface area contributed by atoms with Gasteiger partial charge in [-0.05, 0) is 91.5 Å². The first-order valence-electron chi connectivity index (χ1n) is 13.1. The van der Waals surface area contributed by atoms with Crippen molar-refractivity contribution in [3.63, 3.8) is 0 Å². The molecule has 3 aromatic carbocycles. The average molecular weight is 599 g/mol. The van der Waals surface area contributed by atoms with Crippen molar-refractivity contribution in [3.05, 3.63) is 103 Å². The SMILES string of the molecule is Cc1cc(C2CC2c2ccc(OC(O)c3c(-c4c(Cl)cccc4Cl)noc3C3CC3)cc2Cl)cc(C)c1C(=O)O. The van der Waals surface area contributed by atoms with Crippen LogP contribution in [0.1, 0.15) is 87.2 Å². The third kappa shape index (κ3) is 4.99. The number of hydrogen-bond donors (Lipinski definition) is 2. The molecule has 0 amide bonds. The molecule has 3 unspecified atom stereocenters. The molecule has 2 fully saturated rings. The normalized spacial score (nSPS) is 18.9. The number of halogens is 3. The minimum atomic E-state index is -1.38. The number of carbonyl (C=O) groups is 1. The van der Waals surface area contributed by atoms with Crippen LogP contribution in [-0.2, 0) is 0 Å². The lowest BCUT2D eigenvalue weighted by molar-refractivity contribution is -0.0203. The van der Waals surface area contributed by atoms with Crippen LogP contribution < -0.4 is 4.74 Å². The highest BCUT2D eigenvalue weighted by molar-refractivity contribution is 6.39. The van der Waals surface area contributed by atoms with Crippen LogP contribution in [0.25, 0.3) is 11.3 Å². The quantitative estimate of drug-likeness (QED) is 0.197. The lowest BCUT2D eigenvalue weighted by Gasteiger charge is -2.16. The van der Waals surface area contributed by atoms with Crippen molar-refractivity contribution < 1.29 is 24.3 Å². The van der Waals surface area contributed by atoms with E-state index in [-0.39, 0.29) is 17.8 Å². The summed E-state index contributed by atoms with van der Waals surface area (Å²) in [7, 11) is 0. The van der Waals surface area contributed by atoms with Gasteiger partial charge in [-0.2, -0.15) is 0 Å². The van der Waals surface area contributed by atoms with Crippen LogP contribution in [0.3, 0.4) is 0 Å². The van der Waals surface area contributed by atoms with E-state index in [0.717, 1.165) is 41.5 Å². The Labute approximate surface area is 246 Å². The second-order valence-electron chi connectivity index (χ2n) is 10.6. The van der Waals surface area contributed by atoms with E-state index in [1.54, 1.807) is 30.3 Å². The van der Waals surface area contributed by atoms with Crippen molar-refractivity contribution in [2.24, 2.45) is 0 Å². The van der Waals surface area contributed by atoms with E-state index in [0.29, 0.717) is 49.0 Å². The topological polar surface area (TPSA) is 92.8 Å². The van der Waals surface area contributed by atoms with Crippen molar-refractivity contribution >= 4 is 40.8 Å². The maximum absolute atomic E-state index is 11.6. The zero-order valence-corrected chi connectivity index (χ0v) is 24.0. The number of aromatic carboxylic acids is 1. The molecular weight excluding hydrogens is 573 g/mol. The molecule has 1 aromatic heterocycles. The summed E-state index contributed by atoms with van der Waals surface area (Å²) >= 11 is 19.6. The molecule has 6 nitrogen and oxygen atoms in total. The smallest absolute Gasteiger partial charge is 0.336 e. The van der Waals surface area contributed by atoms with E-state index >= 15 is 0 Å². The Kier molecular flexibility index (Phi) is 7.07. The van der Waals surface area contributed by atoms with Crippen LogP contribution in [0.4, 0.5) is 0 Å². The molecule has 40 heavy (non-hydrogen) atoms. The molecule has 4 aromatic rings. The fourth-order valence-electron chi connectivity index (χ4n) is 5.62. The third-order valence-corrected chi connectivity index (χ3v) is 8.71. The summed E-state index contributed by atoms with van der Waals surface area (Å²) < 4.78 is 11.6. The zero-order valence-electron chi connectivity index (χ0n) is 21.7. The van der Waals surface area contributed by atoms with Crippen LogP contribution in [0.5, 0.6) is 5.75 Å². The van der Waals surface area contributed by atoms with Gasteiger partial charge in [-0.25, -0.2) is 4.79 Å². The number of benzene rings is 3. The predicted molar refractivity (Wildman–Crippen MR) is 154 cm³/mol. The standard InChI is InChI=1S/C31H26Cl3NO5/c1-14-10-17(11-15(2)25(14)30(36)37)20-13-21(20)19-9-8-18(12-24(19)34)39-31(38)27-28(35-40-29(27)16-6-7-16)26-22(32)4-3-5-23(26)33/h3-5,8-12,16,20-21,31,38H,6-7,13H2,1-2H3,(H,36,37). The molecule has 0 spiro atoms. The fraction of sp³-hybridized carbons (Fsp3) is 0.290. The molecular formula is C31H26Cl3NO5. The number of carboxylic acids is 1. The number of nitrogens with zero attached hydrogens (tertiary/aromatic N) is 1. The molecule has 1 heterocycles. The Morgan fingerprint density at radius 2 is 1.68 bits per heavy atom. The van der Waals surface area contributed by atoms with E-state index in [4.69, 9.17) is 44.1 Å². The summed E-state index contributed by atoms with van der Waals surface area (Å²) in [5.41, 5.74) is 5.22. The highest BCUT2D eigenvalue weighted by atomic mass is 35.5. The molecule has 0 bridgehead atoms. The second-order valence-corrected chi connectivity index (χ2v) is 11.8. The first-order valence-corrected chi connectivity index (χ1v) is 14.2. The zero-order chi connectivity index (χ0) is 28.3. The van der Waals surface area contributed by atoms with E-state index in [9.17, 15) is 15.0 Å². The van der Waals surface area contributed by atoms with Gasteiger partial charge in [0.15, 0.2) is 0 Å². The maximum Gasteiger partial charge on any atom is 0.336 e. The van der Waals surface area contributed by atoms with E-state index < -0.39 is 12.3 Å². The molecule has 2 aliphatic rings. The van der Waals surface area contributed by atoms with Gasteiger partial charge in [-0.3, -0.25) is 0 Å². The molecule has 9 heteroatoms. The highest BCUT2D eigenvalue weighted by Gasteiger charge is 2.41. The van der Waals surface area contributed by atoms with Crippen LogP contribution in [0, 0.1) is 13.8 Å². The summed E-state index contributed by atoms with van der Waals surface area (Å²) in [5, 5.41) is 26.3. The number of aromatic nitrogens is 1. The minimum absolute atomic E-state index is 0.158. The first-order chi connectivity index (χ1) is 19.1. The summed E-state index contributed by atoms with van der Waals surface area (Å²) in [6.45, 7) is 3.66. The summed E-state index contributed by atoms with van der Waals surface area (Å²) in [6, 6.07) is 14.5. The molecule has 0 aliphatic heterocycles. The Morgan fingerprint density at radius 1 is 1.00 bits per heavy atom. The molecule has 3 atom stereocenters. The number of aliphatic hydroxyl groups excluding tert-OH is 1. The van der Waals surface area contributed by atoms with Gasteiger partial charge in [0.25, 0.3) is 0 Å². The number of carboxylic acid groups (broad SMARTS) is 1. The Balaban J connectivity index is 1.24. The molecule has 2 aliphatic carbocycles. The van der Waals surface area contributed by atoms with Crippen molar-refractivity contribution in [2.45, 2.75) is 57.2 Å². The number of aryl methyl sites for hydroxylation is 2. The fourth-order valence-corrected chi connectivity index (χ4v) is 6.51. The lowest BCUT2D eigenvalue weighted by atomic mass is 9.96. The number of aliphatic hydroxyl groups is 1. The summed E-state index contributed by atoms with van der Waals surface area (Å²) in [6.07, 6.45) is 1.41. The first kappa shape index (κ1) is 27.2. The van der Waals surface area contributed by atoms with Gasteiger partial charge in [-0.15, -0.1) is 0 Å². The molecule has 0 radical (unpaired) electrons. The lowest BCUT2D eigenvalue weighted by Crippen LogP contribution is -2.09. The van der Waals surface area contributed by atoms with Crippen molar-refractivity contribution in [2.75, 3.05) is 0 Å². The molecule has 2 N–H and O–H groups in total. The number of hydrogen-bond acceptors (Lipinski definition) is 5.